The molecule has 140 valence electrons. The fourth-order valence-electron chi connectivity index (χ4n) is 2.91. The molecule has 0 saturated carbocycles. The van der Waals surface area contributed by atoms with Crippen molar-refractivity contribution in [3.05, 3.63) is 58.5 Å². The number of rotatable bonds is 5. The van der Waals surface area contributed by atoms with Gasteiger partial charge in [-0.25, -0.2) is 4.98 Å². The fourth-order valence-corrected chi connectivity index (χ4v) is 3.63. The first-order chi connectivity index (χ1) is 12.6. The molecule has 0 radical (unpaired) electrons. The molecule has 27 heavy (non-hydrogen) atoms. The number of hydrogen-bond acceptors (Lipinski definition) is 6. The first-order valence-electron chi connectivity index (χ1n) is 8.17. The van der Waals surface area contributed by atoms with E-state index in [0.717, 1.165) is 35.2 Å². The van der Waals surface area contributed by atoms with Gasteiger partial charge in [0.15, 0.2) is 5.13 Å². The maximum atomic E-state index is 11.4. The molecule has 0 unspecified atom stereocenters. The summed E-state index contributed by atoms with van der Waals surface area (Å²) in [7, 11) is 0. The third-order valence-electron chi connectivity index (χ3n) is 4.26. The molecule has 3 aromatic rings. The number of halogens is 1. The van der Waals surface area contributed by atoms with E-state index in [9.17, 15) is 9.90 Å². The molecule has 6 nitrogen and oxygen atoms in total. The van der Waals surface area contributed by atoms with E-state index < -0.39 is 5.91 Å². The van der Waals surface area contributed by atoms with Crippen molar-refractivity contribution < 1.29 is 14.6 Å². The molecule has 1 aromatic heterocycles. The van der Waals surface area contributed by atoms with Gasteiger partial charge in [0.1, 0.15) is 11.5 Å². The van der Waals surface area contributed by atoms with Crippen LogP contribution in [0.4, 0.5) is 5.13 Å². The lowest BCUT2D eigenvalue weighted by Gasteiger charge is -2.05. The molecule has 1 aliphatic heterocycles. The lowest BCUT2D eigenvalue weighted by Crippen LogP contribution is -2.11. The molecule has 2 heterocycles. The Hall–Kier alpha value is -2.58. The largest absolute Gasteiger partial charge is 0.507 e. The molecule has 0 bridgehead atoms. The van der Waals surface area contributed by atoms with Crippen LogP contribution in [-0.4, -0.2) is 22.6 Å². The predicted octanol–water partition coefficient (Wildman–Crippen LogP) is 3.74. The molecular formula is C19H18BrN3O3S. The number of amides is 1. The molecule has 0 saturated heterocycles. The standard InChI is InChI=1S/C19H17N3O3S.BrH/c20-18(24)14-8-12(2-3-16(14)23)15-10-26-19(22-15)21-9-11-1-4-17-13(7-11)5-6-25-17;/h1-4,7-8,10,23H,5-6,9H2,(H2,20,24)(H,21,22);1H. The summed E-state index contributed by atoms with van der Waals surface area (Å²) in [5.74, 6) is 0.178. The molecule has 0 fully saturated rings. The van der Waals surface area contributed by atoms with Gasteiger partial charge in [-0.05, 0) is 35.4 Å². The molecule has 4 N–H and O–H groups in total. The van der Waals surface area contributed by atoms with Gasteiger partial charge in [-0.2, -0.15) is 0 Å². The summed E-state index contributed by atoms with van der Waals surface area (Å²) in [5.41, 5.74) is 9.24. The molecule has 1 amide bonds. The quantitative estimate of drug-likeness (QED) is 0.553. The zero-order valence-corrected chi connectivity index (χ0v) is 16.8. The molecule has 0 aliphatic carbocycles. The zero-order chi connectivity index (χ0) is 18.1. The van der Waals surface area contributed by atoms with Gasteiger partial charge in [-0.1, -0.05) is 12.1 Å². The van der Waals surface area contributed by atoms with Gasteiger partial charge in [-0.3, -0.25) is 4.79 Å². The van der Waals surface area contributed by atoms with E-state index in [-0.39, 0.29) is 28.3 Å². The van der Waals surface area contributed by atoms with Crippen LogP contribution in [0, 0.1) is 0 Å². The first-order valence-corrected chi connectivity index (χ1v) is 9.05. The van der Waals surface area contributed by atoms with Crippen LogP contribution in [0.2, 0.25) is 0 Å². The summed E-state index contributed by atoms with van der Waals surface area (Å²) in [6, 6.07) is 10.9. The summed E-state index contributed by atoms with van der Waals surface area (Å²) in [4.78, 5) is 15.9. The third-order valence-corrected chi connectivity index (χ3v) is 5.06. The monoisotopic (exact) mass is 447 g/mol. The van der Waals surface area contributed by atoms with Crippen LogP contribution >= 0.6 is 28.3 Å². The molecule has 0 spiro atoms. The summed E-state index contributed by atoms with van der Waals surface area (Å²) in [6.45, 7) is 1.42. The number of aromatic nitrogens is 1. The van der Waals surface area contributed by atoms with Gasteiger partial charge in [0, 0.05) is 23.9 Å². The predicted molar refractivity (Wildman–Crippen MR) is 111 cm³/mol. The van der Waals surface area contributed by atoms with Crippen molar-refractivity contribution in [2.45, 2.75) is 13.0 Å². The molecule has 0 atom stereocenters. The van der Waals surface area contributed by atoms with Crippen molar-refractivity contribution in [3.63, 3.8) is 0 Å². The normalized spacial score (nSPS) is 12.0. The van der Waals surface area contributed by atoms with E-state index in [0.29, 0.717) is 6.54 Å². The fraction of sp³-hybridized carbons (Fsp3) is 0.158. The number of nitrogens with two attached hydrogens (primary N) is 1. The Labute approximate surface area is 170 Å². The second kappa shape index (κ2) is 7.98. The Bertz CT molecular complexity index is 990. The number of fused-ring (bicyclic) bond motifs is 1. The summed E-state index contributed by atoms with van der Waals surface area (Å²) in [5, 5.41) is 15.7. The van der Waals surface area contributed by atoms with Gasteiger partial charge in [0.2, 0.25) is 0 Å². The van der Waals surface area contributed by atoms with Gasteiger partial charge in [0.05, 0.1) is 17.9 Å². The number of anilines is 1. The Morgan fingerprint density at radius 1 is 1.30 bits per heavy atom. The highest BCUT2D eigenvalue weighted by molar-refractivity contribution is 8.93. The summed E-state index contributed by atoms with van der Waals surface area (Å²) < 4.78 is 5.52. The van der Waals surface area contributed by atoms with Crippen LogP contribution < -0.4 is 15.8 Å². The number of carbonyl (C=O) groups is 1. The average Bonchev–Trinajstić information content (AvgIpc) is 3.29. The average molecular weight is 448 g/mol. The minimum absolute atomic E-state index is 0. The van der Waals surface area contributed by atoms with Crippen molar-refractivity contribution in [1.82, 2.24) is 4.98 Å². The number of hydrogen-bond donors (Lipinski definition) is 3. The number of primary amides is 1. The van der Waals surface area contributed by atoms with E-state index >= 15 is 0 Å². The molecule has 1 aliphatic rings. The highest BCUT2D eigenvalue weighted by Crippen LogP contribution is 2.29. The van der Waals surface area contributed by atoms with Gasteiger partial charge in [-0.15, -0.1) is 28.3 Å². The Morgan fingerprint density at radius 2 is 2.15 bits per heavy atom. The van der Waals surface area contributed by atoms with E-state index in [1.54, 1.807) is 12.1 Å². The molecule has 4 rings (SSSR count). The number of phenols is 1. The Kier molecular flexibility index (Phi) is 5.67. The minimum atomic E-state index is -0.668. The van der Waals surface area contributed by atoms with Crippen LogP contribution in [0.25, 0.3) is 11.3 Å². The molecule has 2 aromatic carbocycles. The molecular weight excluding hydrogens is 430 g/mol. The van der Waals surface area contributed by atoms with Crippen molar-refractivity contribution >= 4 is 39.4 Å². The highest BCUT2D eigenvalue weighted by atomic mass is 79.9. The van der Waals surface area contributed by atoms with Gasteiger partial charge < -0.3 is 20.9 Å². The van der Waals surface area contributed by atoms with Crippen LogP contribution in [0.3, 0.4) is 0 Å². The van der Waals surface area contributed by atoms with Crippen LogP contribution in [0.1, 0.15) is 21.5 Å². The highest BCUT2D eigenvalue weighted by Gasteiger charge is 2.13. The number of nitrogens with zero attached hydrogens (tertiary/aromatic N) is 1. The number of benzene rings is 2. The minimum Gasteiger partial charge on any atom is -0.507 e. The van der Waals surface area contributed by atoms with Crippen LogP contribution in [0.5, 0.6) is 11.5 Å². The van der Waals surface area contributed by atoms with E-state index in [4.69, 9.17) is 10.5 Å². The van der Waals surface area contributed by atoms with E-state index in [1.165, 1.54) is 28.5 Å². The number of nitrogens with one attached hydrogen (secondary N) is 1. The van der Waals surface area contributed by atoms with Gasteiger partial charge >= 0.3 is 0 Å². The summed E-state index contributed by atoms with van der Waals surface area (Å²) in [6.07, 6.45) is 0.952. The van der Waals surface area contributed by atoms with Crippen LogP contribution in [-0.2, 0) is 13.0 Å². The summed E-state index contributed by atoms with van der Waals surface area (Å²) >= 11 is 1.48. The number of aromatic hydroxyl groups is 1. The number of ether oxygens (including phenoxy) is 1. The number of thiazole rings is 1. The van der Waals surface area contributed by atoms with Gasteiger partial charge in [0.25, 0.3) is 5.91 Å². The Morgan fingerprint density at radius 3 is 2.96 bits per heavy atom. The number of carbonyl (C=O) groups excluding carboxylic acids is 1. The van der Waals surface area contributed by atoms with Crippen LogP contribution in [0.15, 0.2) is 41.8 Å². The smallest absolute Gasteiger partial charge is 0.252 e. The van der Waals surface area contributed by atoms with Crippen molar-refractivity contribution in [3.8, 4) is 22.8 Å². The lowest BCUT2D eigenvalue weighted by molar-refractivity contribution is 0.0998. The first kappa shape index (κ1) is 19.2. The molecule has 8 heteroatoms. The SMILES string of the molecule is Br.NC(=O)c1cc(-c2csc(NCc3ccc4c(c3)CCO4)n2)ccc1O. The van der Waals surface area contributed by atoms with Crippen molar-refractivity contribution in [2.75, 3.05) is 11.9 Å². The maximum absolute atomic E-state index is 11.4. The second-order valence-corrected chi connectivity index (χ2v) is 6.89. The third kappa shape index (κ3) is 4.06. The van der Waals surface area contributed by atoms with Crippen molar-refractivity contribution in [1.29, 1.82) is 0 Å². The maximum Gasteiger partial charge on any atom is 0.252 e. The van der Waals surface area contributed by atoms with E-state index in [1.807, 2.05) is 17.5 Å². The van der Waals surface area contributed by atoms with Crippen molar-refractivity contribution in [2.24, 2.45) is 5.73 Å². The zero-order valence-electron chi connectivity index (χ0n) is 14.3. The second-order valence-electron chi connectivity index (χ2n) is 6.03. The van der Waals surface area contributed by atoms with E-state index in [2.05, 4.69) is 16.4 Å². The Balaban J connectivity index is 0.00000210. The lowest BCUT2D eigenvalue weighted by atomic mass is 10.1. The topological polar surface area (TPSA) is 97.5 Å².